The largest absolute Gasteiger partial charge is 0.315 e. The molecule has 90 valence electrons. The summed E-state index contributed by atoms with van der Waals surface area (Å²) in [5, 5.41) is 7.93. The molecular weight excluding hydrogens is 200 g/mol. The zero-order valence-corrected chi connectivity index (χ0v) is 10.4. The Morgan fingerprint density at radius 1 is 1.38 bits per heavy atom. The van der Waals surface area contributed by atoms with E-state index in [1.54, 1.807) is 0 Å². The molecule has 1 aliphatic rings. The van der Waals surface area contributed by atoms with Crippen molar-refractivity contribution in [1.29, 1.82) is 0 Å². The van der Waals surface area contributed by atoms with Gasteiger partial charge in [0, 0.05) is 26.2 Å². The monoisotopic (exact) mass is 222 g/mol. The van der Waals surface area contributed by atoms with Gasteiger partial charge in [-0.25, -0.2) is 0 Å². The SMILES string of the molecule is CCn1nc(C)cc1CN1CCCNCC1. The standard InChI is InChI=1S/C12H22N4/c1-3-16-12(9-11(2)14-16)10-15-7-4-5-13-6-8-15/h9,13H,3-8,10H2,1-2H3. The lowest BCUT2D eigenvalue weighted by Crippen LogP contribution is -2.28. The first-order valence-corrected chi connectivity index (χ1v) is 6.26. The van der Waals surface area contributed by atoms with Crippen LogP contribution in [0.3, 0.4) is 0 Å². The molecule has 1 aliphatic heterocycles. The highest BCUT2D eigenvalue weighted by atomic mass is 15.3. The third-order valence-electron chi connectivity index (χ3n) is 3.10. The van der Waals surface area contributed by atoms with Gasteiger partial charge in [-0.15, -0.1) is 0 Å². The molecule has 16 heavy (non-hydrogen) atoms. The third kappa shape index (κ3) is 2.83. The van der Waals surface area contributed by atoms with Gasteiger partial charge in [-0.05, 0) is 39.4 Å². The molecule has 1 N–H and O–H groups in total. The Bertz CT molecular complexity index is 324. The molecule has 0 aliphatic carbocycles. The van der Waals surface area contributed by atoms with Crippen molar-refractivity contribution in [2.24, 2.45) is 0 Å². The van der Waals surface area contributed by atoms with Crippen LogP contribution in [0.2, 0.25) is 0 Å². The molecule has 2 rings (SSSR count). The Labute approximate surface area is 97.6 Å². The van der Waals surface area contributed by atoms with Gasteiger partial charge in [-0.1, -0.05) is 0 Å². The fourth-order valence-electron chi connectivity index (χ4n) is 2.29. The predicted octanol–water partition coefficient (Wildman–Crippen LogP) is 1.01. The minimum absolute atomic E-state index is 0.968. The van der Waals surface area contributed by atoms with E-state index >= 15 is 0 Å². The van der Waals surface area contributed by atoms with E-state index in [0.29, 0.717) is 0 Å². The fraction of sp³-hybridized carbons (Fsp3) is 0.750. The van der Waals surface area contributed by atoms with Crippen LogP contribution in [0.5, 0.6) is 0 Å². The first-order chi connectivity index (χ1) is 7.79. The van der Waals surface area contributed by atoms with E-state index in [9.17, 15) is 0 Å². The summed E-state index contributed by atoms with van der Waals surface area (Å²) in [6.07, 6.45) is 1.25. The molecule has 1 aromatic rings. The number of nitrogens with zero attached hydrogens (tertiary/aromatic N) is 3. The highest BCUT2D eigenvalue weighted by molar-refractivity contribution is 5.08. The van der Waals surface area contributed by atoms with Crippen LogP contribution in [0.15, 0.2) is 6.07 Å². The molecule has 1 saturated heterocycles. The summed E-state index contributed by atoms with van der Waals surface area (Å²) in [6, 6.07) is 2.21. The maximum atomic E-state index is 4.49. The molecule has 4 heteroatoms. The van der Waals surface area contributed by atoms with Crippen LogP contribution in [-0.2, 0) is 13.1 Å². The quantitative estimate of drug-likeness (QED) is 0.828. The summed E-state index contributed by atoms with van der Waals surface area (Å²) in [4.78, 5) is 2.52. The molecule has 0 amide bonds. The summed E-state index contributed by atoms with van der Waals surface area (Å²) in [5.41, 5.74) is 2.48. The van der Waals surface area contributed by atoms with Crippen LogP contribution in [0.1, 0.15) is 24.7 Å². The highest BCUT2D eigenvalue weighted by Crippen LogP contribution is 2.08. The summed E-state index contributed by atoms with van der Waals surface area (Å²) < 4.78 is 2.12. The van der Waals surface area contributed by atoms with E-state index in [1.807, 2.05) is 0 Å². The lowest BCUT2D eigenvalue weighted by molar-refractivity contribution is 0.275. The van der Waals surface area contributed by atoms with E-state index in [2.05, 4.69) is 39.9 Å². The normalized spacial score (nSPS) is 18.6. The van der Waals surface area contributed by atoms with Crippen molar-refractivity contribution >= 4 is 0 Å². The number of nitrogens with one attached hydrogen (secondary N) is 1. The Morgan fingerprint density at radius 2 is 2.25 bits per heavy atom. The van der Waals surface area contributed by atoms with Gasteiger partial charge in [-0.2, -0.15) is 5.10 Å². The number of hydrogen-bond acceptors (Lipinski definition) is 3. The second kappa shape index (κ2) is 5.46. The number of rotatable bonds is 3. The average Bonchev–Trinajstić information content (AvgIpc) is 2.49. The van der Waals surface area contributed by atoms with E-state index in [0.717, 1.165) is 38.4 Å². The lowest BCUT2D eigenvalue weighted by atomic mass is 10.3. The van der Waals surface area contributed by atoms with E-state index in [-0.39, 0.29) is 0 Å². The van der Waals surface area contributed by atoms with Crippen molar-refractivity contribution < 1.29 is 0 Å². The first kappa shape index (κ1) is 11.6. The molecule has 0 aromatic carbocycles. The number of aromatic nitrogens is 2. The second-order valence-corrected chi connectivity index (χ2v) is 4.47. The zero-order chi connectivity index (χ0) is 11.4. The van der Waals surface area contributed by atoms with E-state index < -0.39 is 0 Å². The predicted molar refractivity (Wildman–Crippen MR) is 65.4 cm³/mol. The number of aryl methyl sites for hydroxylation is 2. The van der Waals surface area contributed by atoms with Gasteiger partial charge in [0.15, 0.2) is 0 Å². The zero-order valence-electron chi connectivity index (χ0n) is 10.4. The third-order valence-corrected chi connectivity index (χ3v) is 3.10. The van der Waals surface area contributed by atoms with Gasteiger partial charge in [-0.3, -0.25) is 9.58 Å². The minimum atomic E-state index is 0.968. The van der Waals surface area contributed by atoms with Crippen LogP contribution < -0.4 is 5.32 Å². The molecule has 0 saturated carbocycles. The van der Waals surface area contributed by atoms with Crippen LogP contribution in [0, 0.1) is 6.92 Å². The molecule has 1 fully saturated rings. The maximum Gasteiger partial charge on any atom is 0.0597 e. The fourth-order valence-corrected chi connectivity index (χ4v) is 2.29. The first-order valence-electron chi connectivity index (χ1n) is 6.26. The Balaban J connectivity index is 2.01. The van der Waals surface area contributed by atoms with Crippen molar-refractivity contribution in [3.05, 3.63) is 17.5 Å². The van der Waals surface area contributed by atoms with Gasteiger partial charge in [0.1, 0.15) is 0 Å². The van der Waals surface area contributed by atoms with Crippen molar-refractivity contribution in [1.82, 2.24) is 20.0 Å². The summed E-state index contributed by atoms with van der Waals surface area (Å²) >= 11 is 0. The molecule has 0 radical (unpaired) electrons. The molecule has 1 aromatic heterocycles. The molecule has 0 unspecified atom stereocenters. The van der Waals surface area contributed by atoms with E-state index in [4.69, 9.17) is 0 Å². The van der Waals surface area contributed by atoms with Gasteiger partial charge < -0.3 is 5.32 Å². The van der Waals surface area contributed by atoms with Crippen LogP contribution in [0.25, 0.3) is 0 Å². The lowest BCUT2D eigenvalue weighted by Gasteiger charge is -2.19. The molecule has 2 heterocycles. The topological polar surface area (TPSA) is 33.1 Å². The van der Waals surface area contributed by atoms with Gasteiger partial charge in [0.25, 0.3) is 0 Å². The summed E-state index contributed by atoms with van der Waals surface area (Å²) in [6.45, 7) is 10.8. The van der Waals surface area contributed by atoms with Gasteiger partial charge >= 0.3 is 0 Å². The molecule has 0 bridgehead atoms. The molecular formula is C12H22N4. The minimum Gasteiger partial charge on any atom is -0.315 e. The van der Waals surface area contributed by atoms with E-state index in [1.165, 1.54) is 18.7 Å². The van der Waals surface area contributed by atoms with Crippen LogP contribution in [-0.4, -0.2) is 40.9 Å². The molecule has 0 atom stereocenters. The van der Waals surface area contributed by atoms with Gasteiger partial charge in [0.05, 0.1) is 11.4 Å². The summed E-state index contributed by atoms with van der Waals surface area (Å²) in [7, 11) is 0. The van der Waals surface area contributed by atoms with Crippen molar-refractivity contribution in [2.75, 3.05) is 26.2 Å². The smallest absolute Gasteiger partial charge is 0.0597 e. The Morgan fingerprint density at radius 3 is 3.06 bits per heavy atom. The Hall–Kier alpha value is -0.870. The van der Waals surface area contributed by atoms with Crippen LogP contribution >= 0.6 is 0 Å². The average molecular weight is 222 g/mol. The maximum absolute atomic E-state index is 4.49. The Kier molecular flexibility index (Phi) is 3.96. The van der Waals surface area contributed by atoms with Crippen molar-refractivity contribution in [2.45, 2.75) is 33.4 Å². The molecule has 4 nitrogen and oxygen atoms in total. The number of hydrogen-bond donors (Lipinski definition) is 1. The van der Waals surface area contributed by atoms with Gasteiger partial charge in [0.2, 0.25) is 0 Å². The van der Waals surface area contributed by atoms with Crippen LogP contribution in [0.4, 0.5) is 0 Å². The van der Waals surface area contributed by atoms with Crippen molar-refractivity contribution in [3.63, 3.8) is 0 Å². The van der Waals surface area contributed by atoms with Crippen molar-refractivity contribution in [3.8, 4) is 0 Å². The second-order valence-electron chi connectivity index (χ2n) is 4.47. The highest BCUT2D eigenvalue weighted by Gasteiger charge is 2.12. The molecule has 0 spiro atoms. The summed E-state index contributed by atoms with van der Waals surface area (Å²) in [5.74, 6) is 0.